The number of aliphatic imine (C=N–C) groups is 1. The van der Waals surface area contributed by atoms with Crippen molar-refractivity contribution in [1.29, 1.82) is 0 Å². The van der Waals surface area contributed by atoms with Gasteiger partial charge in [-0.15, -0.1) is 0 Å². The van der Waals surface area contributed by atoms with Crippen LogP contribution in [0, 0.1) is 0 Å². The number of aliphatic hydroxyl groups is 9. The lowest BCUT2D eigenvalue weighted by Gasteiger charge is -2.17. The van der Waals surface area contributed by atoms with Crippen molar-refractivity contribution >= 4 is 11.9 Å². The van der Waals surface area contributed by atoms with Crippen LogP contribution in [-0.4, -0.2) is 124 Å². The molecule has 0 bridgehead atoms. The van der Waals surface area contributed by atoms with Crippen LogP contribution in [0.3, 0.4) is 0 Å². The van der Waals surface area contributed by atoms with Crippen molar-refractivity contribution in [3.05, 3.63) is 66.3 Å². The van der Waals surface area contributed by atoms with Crippen LogP contribution in [-0.2, 0) is 4.79 Å². The van der Waals surface area contributed by atoms with Gasteiger partial charge in [-0.05, 0) is 69.1 Å². The van der Waals surface area contributed by atoms with Crippen molar-refractivity contribution in [2.45, 2.75) is 139 Å². The first-order valence-electron chi connectivity index (χ1n) is 17.9. The average molecular weight is 739 g/mol. The number of guanidine groups is 1. The third-order valence-corrected chi connectivity index (χ3v) is 8.16. The molecule has 296 valence electrons. The molecule has 0 saturated heterocycles. The summed E-state index contributed by atoms with van der Waals surface area (Å²) in [6, 6.07) is 4.87. The number of aliphatic hydroxyl groups excluding tert-OH is 9. The number of phenolic OH excluding ortho intramolecular Hbond substituents is 1. The van der Waals surface area contributed by atoms with Gasteiger partial charge in [0.05, 0.1) is 54.9 Å². The zero-order valence-corrected chi connectivity index (χ0v) is 30.0. The van der Waals surface area contributed by atoms with Crippen LogP contribution in [0.1, 0.15) is 89.2 Å². The summed E-state index contributed by atoms with van der Waals surface area (Å²) in [6.07, 6.45) is 3.30. The molecule has 15 N–H and O–H groups in total. The van der Waals surface area contributed by atoms with Crippen LogP contribution in [0.5, 0.6) is 5.75 Å². The SMILES string of the molecule is CCC(O)CC(O)/C=C/CC(O)CC(O)CC(O)/C=C/CC(O)CC(O)/C=C/CC(O)CC(O)CCCN=C(N)NC(=O)C(N)c1ccc(O)cc1. The Morgan fingerprint density at radius 2 is 1.13 bits per heavy atom. The van der Waals surface area contributed by atoms with Crippen molar-refractivity contribution < 1.29 is 55.9 Å². The largest absolute Gasteiger partial charge is 0.508 e. The molecule has 0 aromatic heterocycles. The van der Waals surface area contributed by atoms with E-state index in [-0.39, 0.29) is 69.6 Å². The van der Waals surface area contributed by atoms with Gasteiger partial charge in [0.2, 0.25) is 5.91 Å². The quantitative estimate of drug-likeness (QED) is 0.0259. The molecule has 0 spiro atoms. The lowest BCUT2D eigenvalue weighted by Crippen LogP contribution is -2.42. The predicted molar refractivity (Wildman–Crippen MR) is 198 cm³/mol. The van der Waals surface area contributed by atoms with Gasteiger partial charge in [-0.25, -0.2) is 0 Å². The summed E-state index contributed by atoms with van der Waals surface area (Å²) in [4.78, 5) is 16.3. The van der Waals surface area contributed by atoms with Gasteiger partial charge in [0.1, 0.15) is 11.8 Å². The Balaban J connectivity index is 2.25. The molecule has 0 radical (unpaired) electrons. The van der Waals surface area contributed by atoms with Gasteiger partial charge in [-0.3, -0.25) is 15.1 Å². The lowest BCUT2D eigenvalue weighted by atomic mass is 10.0. The number of phenols is 1. The van der Waals surface area contributed by atoms with E-state index in [0.29, 0.717) is 24.8 Å². The highest BCUT2D eigenvalue weighted by molar-refractivity contribution is 5.98. The van der Waals surface area contributed by atoms with E-state index in [2.05, 4.69) is 10.3 Å². The van der Waals surface area contributed by atoms with E-state index in [1.807, 2.05) is 6.92 Å². The number of hydrogen-bond donors (Lipinski definition) is 13. The monoisotopic (exact) mass is 738 g/mol. The van der Waals surface area contributed by atoms with E-state index in [9.17, 15) is 55.9 Å². The van der Waals surface area contributed by atoms with Crippen LogP contribution >= 0.6 is 0 Å². The van der Waals surface area contributed by atoms with Crippen molar-refractivity contribution in [3.63, 3.8) is 0 Å². The van der Waals surface area contributed by atoms with E-state index < -0.39 is 66.9 Å². The number of nitrogens with one attached hydrogen (secondary N) is 1. The van der Waals surface area contributed by atoms with Gasteiger partial charge in [0, 0.05) is 25.8 Å². The molecule has 1 rings (SSSR count). The summed E-state index contributed by atoms with van der Waals surface area (Å²) in [7, 11) is 0. The number of nitrogens with zero attached hydrogens (tertiary/aromatic N) is 1. The Labute approximate surface area is 306 Å². The van der Waals surface area contributed by atoms with Gasteiger partial charge in [0.15, 0.2) is 5.96 Å². The topological polar surface area (TPSA) is 296 Å². The normalized spacial score (nSPS) is 18.6. The Kier molecular flexibility index (Phi) is 23.9. The van der Waals surface area contributed by atoms with Crippen molar-refractivity contribution in [2.24, 2.45) is 16.5 Å². The number of carbonyl (C=O) groups is 1. The molecule has 52 heavy (non-hydrogen) atoms. The third kappa shape index (κ3) is 22.7. The van der Waals surface area contributed by atoms with Crippen LogP contribution < -0.4 is 16.8 Å². The summed E-state index contributed by atoms with van der Waals surface area (Å²) in [5.41, 5.74) is 12.1. The fourth-order valence-electron chi connectivity index (χ4n) is 5.15. The van der Waals surface area contributed by atoms with Gasteiger partial charge < -0.3 is 62.5 Å². The molecule has 0 aliphatic rings. The third-order valence-electron chi connectivity index (χ3n) is 8.16. The Morgan fingerprint density at radius 3 is 1.63 bits per heavy atom. The minimum Gasteiger partial charge on any atom is -0.508 e. The minimum absolute atomic E-state index is 0.0109. The molecule has 10 unspecified atom stereocenters. The zero-order valence-electron chi connectivity index (χ0n) is 30.0. The van der Waals surface area contributed by atoms with Crippen molar-refractivity contribution in [2.75, 3.05) is 6.54 Å². The van der Waals surface area contributed by atoms with E-state index in [0.717, 1.165) is 0 Å². The molecule has 1 aromatic carbocycles. The van der Waals surface area contributed by atoms with Crippen LogP contribution in [0.4, 0.5) is 0 Å². The van der Waals surface area contributed by atoms with Crippen LogP contribution in [0.15, 0.2) is 65.7 Å². The minimum atomic E-state index is -1.01. The molecule has 10 atom stereocenters. The number of carbonyl (C=O) groups excluding carboxylic acids is 1. The Hall–Kier alpha value is -3.22. The summed E-state index contributed by atoms with van der Waals surface area (Å²) in [5, 5.41) is 102. The summed E-state index contributed by atoms with van der Waals surface area (Å²) >= 11 is 0. The molecule has 1 aromatic rings. The molecule has 0 fully saturated rings. The van der Waals surface area contributed by atoms with E-state index in [1.54, 1.807) is 18.2 Å². The second kappa shape index (κ2) is 26.5. The van der Waals surface area contributed by atoms with Crippen molar-refractivity contribution in [3.8, 4) is 5.75 Å². The Bertz CT molecular complexity index is 1230. The predicted octanol–water partition coefficient (Wildman–Crippen LogP) is 0.0506. The molecule has 0 heterocycles. The highest BCUT2D eigenvalue weighted by atomic mass is 16.3. The smallest absolute Gasteiger partial charge is 0.248 e. The van der Waals surface area contributed by atoms with Crippen LogP contribution in [0.2, 0.25) is 0 Å². The van der Waals surface area contributed by atoms with E-state index in [1.165, 1.54) is 42.5 Å². The summed E-state index contributed by atoms with van der Waals surface area (Å²) in [5.74, 6) is -0.641. The molecule has 15 nitrogen and oxygen atoms in total. The first-order chi connectivity index (χ1) is 24.6. The fraction of sp³-hybridized carbons (Fsp3) is 0.622. The standard InChI is InChI=1S/C37H62N4O11/c1-2-25(42)19-27(44)7-3-11-31(48)22-34(51)23-32(49)12-5-10-29(46)20-28(45)8-4-9-30(47)21-33(50)13-6-18-40-37(39)41-36(52)35(38)24-14-16-26(43)17-15-24/h3-5,7-8,12,14-17,25,27-35,42-51H,2,6,9-11,13,18-23,38H2,1H3,(H3,39,40,41,52)/b7-3+,8-4+,12-5+. The molecule has 0 aliphatic heterocycles. The maximum absolute atomic E-state index is 12.3. The fourth-order valence-corrected chi connectivity index (χ4v) is 5.15. The molecule has 15 heteroatoms. The number of hydrogen-bond acceptors (Lipinski definition) is 13. The van der Waals surface area contributed by atoms with Crippen LogP contribution in [0.25, 0.3) is 0 Å². The second-order valence-electron chi connectivity index (χ2n) is 13.2. The second-order valence-corrected chi connectivity index (χ2v) is 13.2. The number of nitrogens with two attached hydrogens (primary N) is 2. The lowest BCUT2D eigenvalue weighted by molar-refractivity contribution is -0.121. The molecule has 0 aliphatic carbocycles. The van der Waals surface area contributed by atoms with Gasteiger partial charge in [0.25, 0.3) is 0 Å². The van der Waals surface area contributed by atoms with Crippen molar-refractivity contribution in [1.82, 2.24) is 5.32 Å². The number of aromatic hydroxyl groups is 1. The first kappa shape index (κ1) is 46.8. The van der Waals surface area contributed by atoms with Gasteiger partial charge in [-0.1, -0.05) is 55.5 Å². The highest BCUT2D eigenvalue weighted by Crippen LogP contribution is 2.16. The number of rotatable bonds is 26. The molecule has 1 amide bonds. The molecular weight excluding hydrogens is 676 g/mol. The average Bonchev–Trinajstić information content (AvgIpc) is 3.06. The van der Waals surface area contributed by atoms with Gasteiger partial charge >= 0.3 is 0 Å². The zero-order chi connectivity index (χ0) is 39.1. The first-order valence-corrected chi connectivity index (χ1v) is 17.9. The molecule has 0 saturated carbocycles. The van der Waals surface area contributed by atoms with E-state index >= 15 is 0 Å². The van der Waals surface area contributed by atoms with Gasteiger partial charge in [-0.2, -0.15) is 0 Å². The number of benzene rings is 1. The maximum Gasteiger partial charge on any atom is 0.248 e. The highest BCUT2D eigenvalue weighted by Gasteiger charge is 2.18. The summed E-state index contributed by atoms with van der Waals surface area (Å²) < 4.78 is 0. The summed E-state index contributed by atoms with van der Waals surface area (Å²) in [6.45, 7) is 2.03. The van der Waals surface area contributed by atoms with E-state index in [4.69, 9.17) is 11.5 Å². The Morgan fingerprint density at radius 1 is 0.692 bits per heavy atom. The maximum atomic E-state index is 12.3. The molecular formula is C37H62N4O11. The number of amides is 1.